The van der Waals surface area contributed by atoms with Crippen molar-refractivity contribution in [3.05, 3.63) is 35.6 Å². The lowest BCUT2D eigenvalue weighted by molar-refractivity contribution is -0.127. The van der Waals surface area contributed by atoms with Crippen LogP contribution < -0.4 is 11.1 Å². The van der Waals surface area contributed by atoms with Crippen LogP contribution in [0.25, 0.3) is 0 Å². The van der Waals surface area contributed by atoms with E-state index in [9.17, 15) is 9.59 Å². The van der Waals surface area contributed by atoms with Gasteiger partial charge in [-0.15, -0.1) is 10.2 Å². The number of anilines is 1. The van der Waals surface area contributed by atoms with Crippen LogP contribution in [0.4, 0.5) is 5.13 Å². The highest BCUT2D eigenvalue weighted by atomic mass is 32.1. The Bertz CT molecular complexity index is 708. The molecule has 2 amide bonds. The van der Waals surface area contributed by atoms with Gasteiger partial charge in [0.15, 0.2) is 0 Å². The number of amides is 2. The molecule has 8 nitrogen and oxygen atoms in total. The lowest BCUT2D eigenvalue weighted by atomic mass is 9.76. The number of aromatic nitrogens is 3. The molecule has 3 N–H and O–H groups in total. The van der Waals surface area contributed by atoms with Crippen molar-refractivity contribution in [2.75, 3.05) is 25.0 Å². The first kappa shape index (κ1) is 16.5. The van der Waals surface area contributed by atoms with Crippen molar-refractivity contribution in [2.24, 2.45) is 5.73 Å². The predicted molar refractivity (Wildman–Crippen MR) is 89.3 cm³/mol. The fourth-order valence-corrected chi connectivity index (χ4v) is 3.51. The number of nitrogens with two attached hydrogens (primary N) is 1. The second-order valence-electron chi connectivity index (χ2n) is 5.77. The zero-order valence-electron chi connectivity index (χ0n) is 13.0. The molecule has 24 heavy (non-hydrogen) atoms. The molecular weight excluding hydrogens is 328 g/mol. The van der Waals surface area contributed by atoms with Gasteiger partial charge < -0.3 is 5.73 Å². The van der Waals surface area contributed by atoms with Gasteiger partial charge in [0.2, 0.25) is 16.9 Å². The van der Waals surface area contributed by atoms with E-state index in [4.69, 9.17) is 5.73 Å². The summed E-state index contributed by atoms with van der Waals surface area (Å²) >= 11 is 1.26. The number of pyridine rings is 1. The van der Waals surface area contributed by atoms with E-state index in [1.54, 1.807) is 17.8 Å². The molecule has 0 radical (unpaired) electrons. The van der Waals surface area contributed by atoms with Crippen LogP contribution in [0.5, 0.6) is 0 Å². The topological polar surface area (TPSA) is 114 Å². The summed E-state index contributed by atoms with van der Waals surface area (Å²) in [6.07, 6.45) is 3.06. The van der Waals surface area contributed by atoms with Gasteiger partial charge in [-0.3, -0.25) is 24.8 Å². The molecular formula is C15H18N6O2S. The van der Waals surface area contributed by atoms with Crippen molar-refractivity contribution in [1.29, 1.82) is 0 Å². The molecule has 1 fully saturated rings. The van der Waals surface area contributed by atoms with E-state index >= 15 is 0 Å². The number of nitrogens with zero attached hydrogens (tertiary/aromatic N) is 4. The number of rotatable bonds is 5. The van der Waals surface area contributed by atoms with E-state index in [1.807, 2.05) is 17.0 Å². The van der Waals surface area contributed by atoms with E-state index in [2.05, 4.69) is 20.5 Å². The number of hydrogen-bond donors (Lipinski definition) is 2. The van der Waals surface area contributed by atoms with Crippen LogP contribution in [0, 0.1) is 0 Å². The van der Waals surface area contributed by atoms with Gasteiger partial charge >= 0.3 is 0 Å². The Morgan fingerprint density at radius 2 is 2.29 bits per heavy atom. The Labute approximate surface area is 143 Å². The van der Waals surface area contributed by atoms with E-state index in [1.165, 1.54) is 11.3 Å². The van der Waals surface area contributed by atoms with Gasteiger partial charge in [-0.05, 0) is 31.5 Å². The van der Waals surface area contributed by atoms with Gasteiger partial charge in [0, 0.05) is 12.7 Å². The van der Waals surface area contributed by atoms with Crippen molar-refractivity contribution in [1.82, 2.24) is 20.1 Å². The van der Waals surface area contributed by atoms with Crippen LogP contribution in [0.15, 0.2) is 29.9 Å². The summed E-state index contributed by atoms with van der Waals surface area (Å²) in [6.45, 7) is 1.27. The van der Waals surface area contributed by atoms with Crippen LogP contribution >= 0.6 is 11.3 Å². The molecule has 1 aliphatic rings. The second kappa shape index (κ2) is 7.02. The maximum Gasteiger partial charge on any atom is 0.240 e. The van der Waals surface area contributed by atoms with Crippen LogP contribution in [-0.4, -0.2) is 51.5 Å². The van der Waals surface area contributed by atoms with E-state index in [0.717, 1.165) is 13.0 Å². The highest BCUT2D eigenvalue weighted by Crippen LogP contribution is 2.32. The largest absolute Gasteiger partial charge is 0.369 e. The number of hydrogen-bond acceptors (Lipinski definition) is 7. The molecule has 126 valence electrons. The van der Waals surface area contributed by atoms with Gasteiger partial charge in [0.05, 0.1) is 12.2 Å². The van der Waals surface area contributed by atoms with E-state index in [-0.39, 0.29) is 12.5 Å². The Morgan fingerprint density at radius 1 is 1.42 bits per heavy atom. The maximum atomic E-state index is 12.2. The average molecular weight is 346 g/mol. The standard InChI is InChI=1S/C15H18N6O2S/c16-13(23)15(11-4-1-2-6-17-11)5-3-7-21(9-15)8-12(22)19-14-20-18-10-24-14/h1-2,4,6,10H,3,5,7-9H2,(H2,16,23)(H,19,20,22). The predicted octanol–water partition coefficient (Wildman–Crippen LogP) is 0.391. The van der Waals surface area contributed by atoms with Gasteiger partial charge in [-0.25, -0.2) is 0 Å². The quantitative estimate of drug-likeness (QED) is 0.809. The minimum absolute atomic E-state index is 0.168. The third-order valence-corrected chi connectivity index (χ3v) is 4.78. The first-order valence-electron chi connectivity index (χ1n) is 7.60. The van der Waals surface area contributed by atoms with Gasteiger partial charge in [0.25, 0.3) is 0 Å². The van der Waals surface area contributed by atoms with Gasteiger partial charge in [-0.2, -0.15) is 0 Å². The maximum absolute atomic E-state index is 12.2. The molecule has 0 aliphatic carbocycles. The molecule has 0 spiro atoms. The van der Waals surface area contributed by atoms with Crippen LogP contribution in [0.2, 0.25) is 0 Å². The van der Waals surface area contributed by atoms with Gasteiger partial charge in [-0.1, -0.05) is 17.4 Å². The summed E-state index contributed by atoms with van der Waals surface area (Å²) < 4.78 is 0. The van der Waals surface area contributed by atoms with Crippen molar-refractivity contribution in [2.45, 2.75) is 18.3 Å². The smallest absolute Gasteiger partial charge is 0.240 e. The van der Waals surface area contributed by atoms with Gasteiger partial charge in [0.1, 0.15) is 10.9 Å². The molecule has 3 rings (SSSR count). The monoisotopic (exact) mass is 346 g/mol. The third-order valence-electron chi connectivity index (χ3n) is 4.17. The Hall–Kier alpha value is -2.39. The molecule has 0 saturated carbocycles. The number of nitrogens with one attached hydrogen (secondary N) is 1. The van der Waals surface area contributed by atoms with Crippen molar-refractivity contribution in [3.63, 3.8) is 0 Å². The fraction of sp³-hybridized carbons (Fsp3) is 0.400. The van der Waals surface area contributed by atoms with Crippen LogP contribution in [0.1, 0.15) is 18.5 Å². The molecule has 1 saturated heterocycles. The minimum atomic E-state index is -0.859. The summed E-state index contributed by atoms with van der Waals surface area (Å²) in [7, 11) is 0. The summed E-state index contributed by atoms with van der Waals surface area (Å²) in [4.78, 5) is 30.6. The van der Waals surface area contributed by atoms with Crippen LogP contribution in [-0.2, 0) is 15.0 Å². The Balaban J connectivity index is 1.72. The fourth-order valence-electron chi connectivity index (χ4n) is 3.05. The number of carbonyl (C=O) groups is 2. The molecule has 2 aromatic heterocycles. The molecule has 1 aliphatic heterocycles. The third kappa shape index (κ3) is 3.41. The number of likely N-dealkylation sites (tertiary alicyclic amines) is 1. The second-order valence-corrected chi connectivity index (χ2v) is 6.60. The normalized spacial score (nSPS) is 21.3. The van der Waals surface area contributed by atoms with Crippen LogP contribution in [0.3, 0.4) is 0 Å². The Kier molecular flexibility index (Phi) is 4.81. The average Bonchev–Trinajstić information content (AvgIpc) is 3.08. The van der Waals surface area contributed by atoms with E-state index < -0.39 is 11.3 Å². The zero-order chi connectivity index (χ0) is 17.0. The summed E-state index contributed by atoms with van der Waals surface area (Å²) in [6, 6.07) is 5.46. The number of carbonyl (C=O) groups excluding carboxylic acids is 2. The molecule has 3 heterocycles. The molecule has 0 aromatic carbocycles. The SMILES string of the molecule is NC(=O)C1(c2ccccn2)CCCN(CC(=O)Nc2nncs2)C1. The molecule has 0 bridgehead atoms. The minimum Gasteiger partial charge on any atom is -0.369 e. The molecule has 2 aromatic rings. The molecule has 9 heteroatoms. The van der Waals surface area contributed by atoms with E-state index in [0.29, 0.717) is 23.8 Å². The summed E-state index contributed by atoms with van der Waals surface area (Å²) in [5.74, 6) is -0.594. The number of piperidine rings is 1. The lowest BCUT2D eigenvalue weighted by Gasteiger charge is -2.39. The van der Waals surface area contributed by atoms with Crippen molar-refractivity contribution in [3.8, 4) is 0 Å². The summed E-state index contributed by atoms with van der Waals surface area (Å²) in [5.41, 5.74) is 7.07. The lowest BCUT2D eigenvalue weighted by Crippen LogP contribution is -2.55. The van der Waals surface area contributed by atoms with Crippen molar-refractivity contribution >= 4 is 28.3 Å². The highest BCUT2D eigenvalue weighted by Gasteiger charge is 2.43. The molecule has 1 unspecified atom stereocenters. The highest BCUT2D eigenvalue weighted by molar-refractivity contribution is 7.13. The summed E-state index contributed by atoms with van der Waals surface area (Å²) in [5, 5.41) is 10.6. The number of primary amides is 1. The zero-order valence-corrected chi connectivity index (χ0v) is 13.8. The molecule has 1 atom stereocenters. The van der Waals surface area contributed by atoms with Crippen molar-refractivity contribution < 1.29 is 9.59 Å². The first-order chi connectivity index (χ1) is 11.6. The Morgan fingerprint density at radius 3 is 2.96 bits per heavy atom. The first-order valence-corrected chi connectivity index (χ1v) is 8.48.